The van der Waals surface area contributed by atoms with Gasteiger partial charge in [0.2, 0.25) is 0 Å². The lowest BCUT2D eigenvalue weighted by Gasteiger charge is -2.22. The van der Waals surface area contributed by atoms with Gasteiger partial charge in [-0.1, -0.05) is 30.3 Å². The van der Waals surface area contributed by atoms with Crippen LogP contribution in [0.1, 0.15) is 12.5 Å². The van der Waals surface area contributed by atoms with E-state index in [1.807, 2.05) is 6.07 Å². The lowest BCUT2D eigenvalue weighted by atomic mass is 10.0. The van der Waals surface area contributed by atoms with Gasteiger partial charge in [0, 0.05) is 31.1 Å². The second-order valence-electron chi connectivity index (χ2n) is 4.73. The van der Waals surface area contributed by atoms with Crippen molar-refractivity contribution in [1.29, 1.82) is 0 Å². The lowest BCUT2D eigenvalue weighted by Crippen LogP contribution is -2.39. The molecule has 88 valence electrons. The third-order valence-electron chi connectivity index (χ3n) is 3.68. The Morgan fingerprint density at radius 1 is 1.31 bits per heavy atom. The number of rotatable bonds is 3. The summed E-state index contributed by atoms with van der Waals surface area (Å²) < 4.78 is 0. The lowest BCUT2D eigenvalue weighted by molar-refractivity contribution is 0.250. The normalized spacial score (nSPS) is 30.8. The fourth-order valence-electron chi connectivity index (χ4n) is 2.48. The average molecular weight is 219 g/mol. The first kappa shape index (κ1) is 11.6. The summed E-state index contributed by atoms with van der Waals surface area (Å²) in [6.07, 6.45) is 0. The van der Waals surface area contributed by atoms with Crippen molar-refractivity contribution in [2.24, 2.45) is 17.4 Å². The third kappa shape index (κ3) is 2.26. The van der Waals surface area contributed by atoms with Gasteiger partial charge in [-0.05, 0) is 19.0 Å². The van der Waals surface area contributed by atoms with Crippen LogP contribution in [0.3, 0.4) is 0 Å². The van der Waals surface area contributed by atoms with E-state index in [0.717, 1.165) is 13.1 Å². The van der Waals surface area contributed by atoms with Crippen LogP contribution in [0.4, 0.5) is 0 Å². The Labute approximate surface area is 97.4 Å². The summed E-state index contributed by atoms with van der Waals surface area (Å²) in [6.45, 7) is 4.89. The summed E-state index contributed by atoms with van der Waals surface area (Å²) in [6, 6.07) is 11.2. The SMILES string of the molecule is CC1C(N)C(CN)CN1Cc1ccccc1. The second-order valence-corrected chi connectivity index (χ2v) is 4.73. The maximum Gasteiger partial charge on any atom is 0.0247 e. The Morgan fingerprint density at radius 2 is 2.00 bits per heavy atom. The van der Waals surface area contributed by atoms with Crippen molar-refractivity contribution >= 4 is 0 Å². The highest BCUT2D eigenvalue weighted by Crippen LogP contribution is 2.23. The van der Waals surface area contributed by atoms with Crippen LogP contribution in [0.25, 0.3) is 0 Å². The van der Waals surface area contributed by atoms with Gasteiger partial charge in [0.05, 0.1) is 0 Å². The van der Waals surface area contributed by atoms with Crippen molar-refractivity contribution in [2.45, 2.75) is 25.6 Å². The van der Waals surface area contributed by atoms with E-state index in [2.05, 4.69) is 36.1 Å². The van der Waals surface area contributed by atoms with Crippen LogP contribution >= 0.6 is 0 Å². The van der Waals surface area contributed by atoms with Crippen molar-refractivity contribution in [3.05, 3.63) is 35.9 Å². The molecule has 2 rings (SSSR count). The molecule has 16 heavy (non-hydrogen) atoms. The molecular formula is C13H21N3. The average Bonchev–Trinajstić information content (AvgIpc) is 2.58. The molecule has 1 fully saturated rings. The topological polar surface area (TPSA) is 55.3 Å². The van der Waals surface area contributed by atoms with Crippen LogP contribution < -0.4 is 11.5 Å². The molecule has 0 amide bonds. The quantitative estimate of drug-likeness (QED) is 0.790. The number of likely N-dealkylation sites (tertiary alicyclic amines) is 1. The minimum Gasteiger partial charge on any atom is -0.330 e. The second kappa shape index (κ2) is 4.95. The predicted molar refractivity (Wildman–Crippen MR) is 66.8 cm³/mol. The molecule has 0 spiro atoms. The number of hydrogen-bond acceptors (Lipinski definition) is 3. The zero-order valence-electron chi connectivity index (χ0n) is 9.84. The van der Waals surface area contributed by atoms with E-state index in [1.54, 1.807) is 0 Å². The number of hydrogen-bond donors (Lipinski definition) is 2. The van der Waals surface area contributed by atoms with Crippen LogP contribution in [-0.2, 0) is 6.54 Å². The number of nitrogens with zero attached hydrogens (tertiary/aromatic N) is 1. The van der Waals surface area contributed by atoms with Gasteiger partial charge in [-0.15, -0.1) is 0 Å². The van der Waals surface area contributed by atoms with Crippen LogP contribution in [0, 0.1) is 5.92 Å². The fraction of sp³-hybridized carbons (Fsp3) is 0.538. The molecule has 1 saturated heterocycles. The van der Waals surface area contributed by atoms with E-state index < -0.39 is 0 Å². The smallest absolute Gasteiger partial charge is 0.0247 e. The summed E-state index contributed by atoms with van der Waals surface area (Å²) in [7, 11) is 0. The first-order chi connectivity index (χ1) is 7.72. The van der Waals surface area contributed by atoms with Crippen LogP contribution in [0.2, 0.25) is 0 Å². The Bertz CT molecular complexity index is 325. The third-order valence-corrected chi connectivity index (χ3v) is 3.68. The molecule has 0 radical (unpaired) electrons. The maximum absolute atomic E-state index is 6.16. The molecule has 0 aromatic heterocycles. The van der Waals surface area contributed by atoms with E-state index >= 15 is 0 Å². The highest BCUT2D eigenvalue weighted by Gasteiger charge is 2.35. The Kier molecular flexibility index (Phi) is 3.59. The minimum absolute atomic E-state index is 0.216. The standard InChI is InChI=1S/C13H21N3/c1-10-13(15)12(7-14)9-16(10)8-11-5-3-2-4-6-11/h2-6,10,12-13H,7-9,14-15H2,1H3. The van der Waals surface area contributed by atoms with Gasteiger partial charge in [0.1, 0.15) is 0 Å². The molecule has 1 aliphatic heterocycles. The summed E-state index contributed by atoms with van der Waals surface area (Å²) in [5.74, 6) is 0.443. The van der Waals surface area contributed by atoms with Crippen molar-refractivity contribution in [3.8, 4) is 0 Å². The highest BCUT2D eigenvalue weighted by molar-refractivity contribution is 5.15. The zero-order valence-corrected chi connectivity index (χ0v) is 9.84. The predicted octanol–water partition coefficient (Wildman–Crippen LogP) is 0.793. The zero-order chi connectivity index (χ0) is 11.5. The molecule has 4 N–H and O–H groups in total. The molecule has 1 aromatic carbocycles. The molecule has 3 atom stereocenters. The van der Waals surface area contributed by atoms with Gasteiger partial charge in [0.25, 0.3) is 0 Å². The van der Waals surface area contributed by atoms with Gasteiger partial charge in [-0.2, -0.15) is 0 Å². The van der Waals surface area contributed by atoms with Crippen molar-refractivity contribution in [3.63, 3.8) is 0 Å². The molecule has 1 aromatic rings. The summed E-state index contributed by atoms with van der Waals surface area (Å²) in [4.78, 5) is 2.43. The molecule has 0 saturated carbocycles. The van der Waals surface area contributed by atoms with Gasteiger partial charge in [0.15, 0.2) is 0 Å². The summed E-state index contributed by atoms with van der Waals surface area (Å²) in [5.41, 5.74) is 13.2. The van der Waals surface area contributed by atoms with Gasteiger partial charge in [-0.25, -0.2) is 0 Å². The molecule has 1 heterocycles. The molecule has 3 unspecified atom stereocenters. The van der Waals surface area contributed by atoms with Crippen molar-refractivity contribution in [2.75, 3.05) is 13.1 Å². The largest absolute Gasteiger partial charge is 0.330 e. The van der Waals surface area contributed by atoms with Crippen LogP contribution in [0.15, 0.2) is 30.3 Å². The van der Waals surface area contributed by atoms with Gasteiger partial charge < -0.3 is 11.5 Å². The number of benzene rings is 1. The van der Waals surface area contributed by atoms with E-state index in [-0.39, 0.29) is 6.04 Å². The minimum atomic E-state index is 0.216. The first-order valence-electron chi connectivity index (χ1n) is 5.96. The molecule has 0 aliphatic carbocycles. The highest BCUT2D eigenvalue weighted by atomic mass is 15.2. The number of nitrogens with two attached hydrogens (primary N) is 2. The van der Waals surface area contributed by atoms with Crippen LogP contribution in [0.5, 0.6) is 0 Å². The van der Waals surface area contributed by atoms with Crippen molar-refractivity contribution in [1.82, 2.24) is 4.90 Å². The van der Waals surface area contributed by atoms with E-state index in [4.69, 9.17) is 11.5 Å². The summed E-state index contributed by atoms with van der Waals surface area (Å²) in [5, 5.41) is 0. The maximum atomic E-state index is 6.16. The Hall–Kier alpha value is -0.900. The molecular weight excluding hydrogens is 198 g/mol. The Morgan fingerprint density at radius 3 is 2.56 bits per heavy atom. The van der Waals surface area contributed by atoms with Gasteiger partial charge in [-0.3, -0.25) is 4.90 Å². The molecule has 3 nitrogen and oxygen atoms in total. The van der Waals surface area contributed by atoms with Crippen molar-refractivity contribution < 1.29 is 0 Å². The summed E-state index contributed by atoms with van der Waals surface area (Å²) >= 11 is 0. The molecule has 1 aliphatic rings. The Balaban J connectivity index is 2.01. The fourth-order valence-corrected chi connectivity index (χ4v) is 2.48. The van der Waals surface area contributed by atoms with Gasteiger partial charge >= 0.3 is 0 Å². The monoisotopic (exact) mass is 219 g/mol. The van der Waals surface area contributed by atoms with E-state index in [9.17, 15) is 0 Å². The molecule has 3 heteroatoms. The van der Waals surface area contributed by atoms with E-state index in [0.29, 0.717) is 18.5 Å². The van der Waals surface area contributed by atoms with E-state index in [1.165, 1.54) is 5.56 Å². The van der Waals surface area contributed by atoms with Crippen LogP contribution in [-0.4, -0.2) is 30.1 Å². The molecule has 0 bridgehead atoms. The first-order valence-corrected chi connectivity index (χ1v) is 5.96.